The van der Waals surface area contributed by atoms with Crippen molar-refractivity contribution in [2.75, 3.05) is 0 Å². The van der Waals surface area contributed by atoms with Crippen molar-refractivity contribution < 1.29 is 24.3 Å². The SMILES string of the molecule is CC(C)(C)OC(=O)NOCc1cccc(-c2ccc(C(=O)O)cc2)c1. The molecule has 2 N–H and O–H groups in total. The summed E-state index contributed by atoms with van der Waals surface area (Å²) in [5.41, 5.74) is 4.57. The molecule has 2 rings (SSSR count). The van der Waals surface area contributed by atoms with Gasteiger partial charge < -0.3 is 9.84 Å². The van der Waals surface area contributed by atoms with Crippen molar-refractivity contribution in [3.8, 4) is 11.1 Å². The molecular weight excluding hydrogens is 322 g/mol. The number of aromatic carboxylic acids is 1. The van der Waals surface area contributed by atoms with Gasteiger partial charge in [0.25, 0.3) is 0 Å². The molecule has 0 aliphatic carbocycles. The molecule has 6 nitrogen and oxygen atoms in total. The summed E-state index contributed by atoms with van der Waals surface area (Å²) >= 11 is 0. The lowest BCUT2D eigenvalue weighted by Gasteiger charge is -2.19. The Bertz CT molecular complexity index is 747. The standard InChI is InChI=1S/C19H21NO5/c1-19(2,3)25-18(23)20-24-12-13-5-4-6-16(11-13)14-7-9-15(10-8-14)17(21)22/h4-11H,12H2,1-3H3,(H,20,23)(H,21,22). The number of carbonyl (C=O) groups excluding carboxylic acids is 1. The van der Waals surface area contributed by atoms with E-state index in [9.17, 15) is 9.59 Å². The first-order valence-electron chi connectivity index (χ1n) is 7.78. The van der Waals surface area contributed by atoms with Crippen LogP contribution >= 0.6 is 0 Å². The van der Waals surface area contributed by atoms with Gasteiger partial charge in [0.05, 0.1) is 12.2 Å². The van der Waals surface area contributed by atoms with E-state index in [0.29, 0.717) is 0 Å². The third kappa shape index (κ3) is 5.93. The van der Waals surface area contributed by atoms with Crippen molar-refractivity contribution in [2.45, 2.75) is 33.0 Å². The van der Waals surface area contributed by atoms with E-state index in [2.05, 4.69) is 5.48 Å². The highest BCUT2D eigenvalue weighted by Crippen LogP contribution is 2.21. The summed E-state index contributed by atoms with van der Waals surface area (Å²) in [6.07, 6.45) is -0.645. The monoisotopic (exact) mass is 343 g/mol. The van der Waals surface area contributed by atoms with Crippen LogP contribution in [0.3, 0.4) is 0 Å². The molecule has 2 aromatic carbocycles. The maximum atomic E-state index is 11.5. The van der Waals surface area contributed by atoms with Gasteiger partial charge in [-0.3, -0.25) is 4.84 Å². The average Bonchev–Trinajstić information content (AvgIpc) is 2.53. The van der Waals surface area contributed by atoms with Crippen LogP contribution in [0.4, 0.5) is 4.79 Å². The second-order valence-corrected chi connectivity index (χ2v) is 6.48. The van der Waals surface area contributed by atoms with E-state index in [1.807, 2.05) is 24.3 Å². The summed E-state index contributed by atoms with van der Waals surface area (Å²) in [6.45, 7) is 5.49. The number of amides is 1. The van der Waals surface area contributed by atoms with Crippen molar-refractivity contribution in [3.05, 3.63) is 59.7 Å². The van der Waals surface area contributed by atoms with Crippen molar-refractivity contribution in [2.24, 2.45) is 0 Å². The van der Waals surface area contributed by atoms with Crippen LogP contribution < -0.4 is 5.48 Å². The fourth-order valence-electron chi connectivity index (χ4n) is 2.12. The van der Waals surface area contributed by atoms with Gasteiger partial charge in [-0.2, -0.15) is 5.48 Å². The lowest BCUT2D eigenvalue weighted by Crippen LogP contribution is -2.32. The Balaban J connectivity index is 1.97. The quantitative estimate of drug-likeness (QED) is 0.801. The third-order valence-electron chi connectivity index (χ3n) is 3.19. The molecule has 1 amide bonds. The molecular formula is C19H21NO5. The van der Waals surface area contributed by atoms with Gasteiger partial charge in [-0.1, -0.05) is 30.3 Å². The predicted molar refractivity (Wildman–Crippen MR) is 93.0 cm³/mol. The lowest BCUT2D eigenvalue weighted by atomic mass is 10.0. The van der Waals surface area contributed by atoms with E-state index in [0.717, 1.165) is 16.7 Å². The second kappa shape index (κ2) is 7.81. The smallest absolute Gasteiger partial charge is 0.431 e. The molecule has 0 heterocycles. The zero-order valence-corrected chi connectivity index (χ0v) is 14.4. The van der Waals surface area contributed by atoms with Crippen LogP contribution in [0.2, 0.25) is 0 Å². The van der Waals surface area contributed by atoms with Crippen molar-refractivity contribution in [3.63, 3.8) is 0 Å². The van der Waals surface area contributed by atoms with Crippen molar-refractivity contribution in [1.29, 1.82) is 0 Å². The molecule has 0 aromatic heterocycles. The molecule has 0 saturated heterocycles. The summed E-state index contributed by atoms with van der Waals surface area (Å²) in [4.78, 5) is 27.6. The van der Waals surface area contributed by atoms with E-state index >= 15 is 0 Å². The zero-order chi connectivity index (χ0) is 18.4. The first-order chi connectivity index (χ1) is 11.7. The fraction of sp³-hybridized carbons (Fsp3) is 0.263. The van der Waals surface area contributed by atoms with Crippen LogP contribution in [-0.4, -0.2) is 22.8 Å². The molecule has 0 bridgehead atoms. The van der Waals surface area contributed by atoms with Crippen LogP contribution in [0.25, 0.3) is 11.1 Å². The van der Waals surface area contributed by atoms with Crippen LogP contribution in [0.5, 0.6) is 0 Å². The molecule has 0 radical (unpaired) electrons. The second-order valence-electron chi connectivity index (χ2n) is 6.48. The van der Waals surface area contributed by atoms with E-state index in [4.69, 9.17) is 14.7 Å². The number of hydrogen-bond donors (Lipinski definition) is 2. The van der Waals surface area contributed by atoms with Crippen molar-refractivity contribution >= 4 is 12.1 Å². The van der Waals surface area contributed by atoms with Crippen LogP contribution in [0.15, 0.2) is 48.5 Å². The maximum absolute atomic E-state index is 11.5. The van der Waals surface area contributed by atoms with Crippen molar-refractivity contribution in [1.82, 2.24) is 5.48 Å². The average molecular weight is 343 g/mol. The molecule has 2 aromatic rings. The first kappa shape index (κ1) is 18.5. The Morgan fingerprint density at radius 2 is 1.72 bits per heavy atom. The molecule has 6 heteroatoms. The van der Waals surface area contributed by atoms with Gasteiger partial charge in [0, 0.05) is 0 Å². The number of carboxylic acids is 1. The van der Waals surface area contributed by atoms with E-state index in [1.165, 1.54) is 0 Å². The number of hydrogen-bond acceptors (Lipinski definition) is 4. The first-order valence-corrected chi connectivity index (χ1v) is 7.78. The zero-order valence-electron chi connectivity index (χ0n) is 14.4. The summed E-state index contributed by atoms with van der Waals surface area (Å²) in [6, 6.07) is 14.2. The predicted octanol–water partition coefficient (Wildman–Crippen LogP) is 4.01. The number of benzene rings is 2. The van der Waals surface area contributed by atoms with Crippen LogP contribution in [-0.2, 0) is 16.2 Å². The normalized spacial score (nSPS) is 11.0. The molecule has 0 spiro atoms. The number of rotatable bonds is 5. The number of ether oxygens (including phenoxy) is 1. The summed E-state index contributed by atoms with van der Waals surface area (Å²) in [5.74, 6) is -0.957. The van der Waals surface area contributed by atoms with E-state index in [-0.39, 0.29) is 12.2 Å². The van der Waals surface area contributed by atoms with Gasteiger partial charge in [-0.25, -0.2) is 9.59 Å². The number of nitrogens with one attached hydrogen (secondary N) is 1. The Hall–Kier alpha value is -2.86. The van der Waals surface area contributed by atoms with Gasteiger partial charge >= 0.3 is 12.1 Å². The topological polar surface area (TPSA) is 84.9 Å². The van der Waals surface area contributed by atoms with E-state index < -0.39 is 17.7 Å². The number of carboxylic acid groups (broad SMARTS) is 1. The molecule has 0 aliphatic rings. The molecule has 0 saturated carbocycles. The molecule has 0 unspecified atom stereocenters. The Labute approximate surface area is 146 Å². The van der Waals surface area contributed by atoms with Gasteiger partial charge in [0.15, 0.2) is 0 Å². The fourth-order valence-corrected chi connectivity index (χ4v) is 2.12. The Morgan fingerprint density at radius 1 is 1.04 bits per heavy atom. The van der Waals surface area contributed by atoms with Crippen LogP contribution in [0.1, 0.15) is 36.7 Å². The molecule has 0 fully saturated rings. The molecule has 132 valence electrons. The van der Waals surface area contributed by atoms with Gasteiger partial charge in [0.1, 0.15) is 5.60 Å². The Morgan fingerprint density at radius 3 is 2.32 bits per heavy atom. The maximum Gasteiger partial charge on any atom is 0.431 e. The number of hydroxylamine groups is 1. The molecule has 0 aliphatic heterocycles. The third-order valence-corrected chi connectivity index (χ3v) is 3.19. The summed E-state index contributed by atoms with van der Waals surface area (Å²) in [5, 5.41) is 8.94. The summed E-state index contributed by atoms with van der Waals surface area (Å²) < 4.78 is 5.08. The molecule has 25 heavy (non-hydrogen) atoms. The molecule has 0 atom stereocenters. The number of carbonyl (C=O) groups is 2. The highest BCUT2D eigenvalue weighted by molar-refractivity contribution is 5.88. The van der Waals surface area contributed by atoms with Gasteiger partial charge in [-0.15, -0.1) is 0 Å². The minimum atomic E-state index is -0.957. The minimum Gasteiger partial charge on any atom is -0.478 e. The van der Waals surface area contributed by atoms with Crippen LogP contribution in [0, 0.1) is 0 Å². The minimum absolute atomic E-state index is 0.181. The Kier molecular flexibility index (Phi) is 5.77. The highest BCUT2D eigenvalue weighted by Gasteiger charge is 2.16. The summed E-state index contributed by atoms with van der Waals surface area (Å²) in [7, 11) is 0. The highest BCUT2D eigenvalue weighted by atomic mass is 16.7. The lowest BCUT2D eigenvalue weighted by molar-refractivity contribution is -0.0136. The van der Waals surface area contributed by atoms with Gasteiger partial charge in [0.2, 0.25) is 0 Å². The van der Waals surface area contributed by atoms with E-state index in [1.54, 1.807) is 45.0 Å². The van der Waals surface area contributed by atoms with Gasteiger partial charge in [-0.05, 0) is 55.7 Å². The largest absolute Gasteiger partial charge is 0.478 e.